The maximum Gasteiger partial charge on any atom is 0.318 e. The van der Waals surface area contributed by atoms with Gasteiger partial charge in [-0.2, -0.15) is 0 Å². The number of imide groups is 1. The Hall–Kier alpha value is -1.43. The molecule has 0 aromatic rings. The Bertz CT molecular complexity index is 263. The number of nitrogens with two attached hydrogens (primary N) is 1. The highest BCUT2D eigenvalue weighted by atomic mass is 16.2. The van der Waals surface area contributed by atoms with Crippen LogP contribution in [0.25, 0.3) is 0 Å². The van der Waals surface area contributed by atoms with Crippen molar-refractivity contribution in [1.29, 1.82) is 0 Å². The van der Waals surface area contributed by atoms with Gasteiger partial charge in [-0.15, -0.1) is 0 Å². The van der Waals surface area contributed by atoms with Gasteiger partial charge in [0.15, 0.2) is 0 Å². The molecule has 0 saturated carbocycles. The molecule has 3 N–H and O–H groups in total. The quantitative estimate of drug-likeness (QED) is 0.581. The van der Waals surface area contributed by atoms with Crippen LogP contribution in [0.2, 0.25) is 0 Å². The summed E-state index contributed by atoms with van der Waals surface area (Å²) in [5.41, 5.74) is 5.23. The zero-order valence-electron chi connectivity index (χ0n) is 9.24. The van der Waals surface area contributed by atoms with Gasteiger partial charge in [0, 0.05) is 26.1 Å². The fourth-order valence-corrected chi connectivity index (χ4v) is 0.978. The number of carbonyl (C=O) groups excluding carboxylic acids is 3. The third-order valence-electron chi connectivity index (χ3n) is 1.59. The Morgan fingerprint density at radius 1 is 1.33 bits per heavy atom. The third kappa shape index (κ3) is 4.55. The fourth-order valence-electron chi connectivity index (χ4n) is 0.978. The van der Waals surface area contributed by atoms with Gasteiger partial charge >= 0.3 is 11.8 Å². The Morgan fingerprint density at radius 2 is 1.87 bits per heavy atom. The van der Waals surface area contributed by atoms with Crippen LogP contribution in [-0.4, -0.2) is 41.8 Å². The topological polar surface area (TPSA) is 92.5 Å². The second kappa shape index (κ2) is 6.13. The second-order valence-electron chi connectivity index (χ2n) is 3.39. The highest BCUT2D eigenvalue weighted by Crippen LogP contribution is 1.91. The van der Waals surface area contributed by atoms with Crippen molar-refractivity contribution in [3.05, 3.63) is 0 Å². The van der Waals surface area contributed by atoms with Crippen molar-refractivity contribution in [1.82, 2.24) is 10.2 Å². The highest BCUT2D eigenvalue weighted by molar-refractivity contribution is 6.37. The first-order valence-corrected chi connectivity index (χ1v) is 4.73. The SMILES string of the molecule is CC(=O)N(CCN)C(=O)C(=O)NC(C)C. The molecule has 0 aromatic heterocycles. The van der Waals surface area contributed by atoms with E-state index in [1.165, 1.54) is 6.92 Å². The summed E-state index contributed by atoms with van der Waals surface area (Å²) >= 11 is 0. The minimum Gasteiger partial charge on any atom is -0.346 e. The first-order valence-electron chi connectivity index (χ1n) is 4.73. The van der Waals surface area contributed by atoms with Crippen molar-refractivity contribution in [2.24, 2.45) is 5.73 Å². The van der Waals surface area contributed by atoms with E-state index in [0.717, 1.165) is 4.90 Å². The number of nitrogens with zero attached hydrogens (tertiary/aromatic N) is 1. The summed E-state index contributed by atoms with van der Waals surface area (Å²) in [6.45, 7) is 4.87. The lowest BCUT2D eigenvalue weighted by atomic mass is 10.3. The average Bonchev–Trinajstić information content (AvgIpc) is 2.11. The molecule has 0 aliphatic rings. The summed E-state index contributed by atoms with van der Waals surface area (Å²) < 4.78 is 0. The van der Waals surface area contributed by atoms with Crippen LogP contribution in [0.3, 0.4) is 0 Å². The highest BCUT2D eigenvalue weighted by Gasteiger charge is 2.24. The Labute approximate surface area is 88.8 Å². The van der Waals surface area contributed by atoms with Gasteiger partial charge in [0.2, 0.25) is 5.91 Å². The van der Waals surface area contributed by atoms with Gasteiger partial charge < -0.3 is 11.1 Å². The molecule has 3 amide bonds. The molecule has 0 rings (SSSR count). The molecule has 0 radical (unpaired) electrons. The maximum absolute atomic E-state index is 11.4. The van der Waals surface area contributed by atoms with E-state index in [2.05, 4.69) is 5.32 Å². The molecule has 0 atom stereocenters. The summed E-state index contributed by atoms with van der Waals surface area (Å²) in [7, 11) is 0. The Kier molecular flexibility index (Phi) is 5.54. The molecule has 0 unspecified atom stereocenters. The predicted molar refractivity (Wildman–Crippen MR) is 54.7 cm³/mol. The number of hydrogen-bond donors (Lipinski definition) is 2. The lowest BCUT2D eigenvalue weighted by Crippen LogP contribution is -2.48. The van der Waals surface area contributed by atoms with Crippen LogP contribution >= 0.6 is 0 Å². The normalized spacial score (nSPS) is 9.93. The number of carbonyl (C=O) groups is 3. The number of hydrogen-bond acceptors (Lipinski definition) is 4. The minimum absolute atomic E-state index is 0.0552. The van der Waals surface area contributed by atoms with Crippen LogP contribution < -0.4 is 11.1 Å². The lowest BCUT2D eigenvalue weighted by molar-refractivity contribution is -0.151. The van der Waals surface area contributed by atoms with Crippen LogP contribution in [0.5, 0.6) is 0 Å². The molecule has 0 bridgehead atoms. The number of rotatable bonds is 3. The van der Waals surface area contributed by atoms with Crippen LogP contribution in [0, 0.1) is 0 Å². The zero-order chi connectivity index (χ0) is 12.0. The van der Waals surface area contributed by atoms with E-state index in [1.54, 1.807) is 13.8 Å². The molecule has 15 heavy (non-hydrogen) atoms. The van der Waals surface area contributed by atoms with Crippen molar-refractivity contribution in [2.75, 3.05) is 13.1 Å². The first kappa shape index (κ1) is 13.6. The van der Waals surface area contributed by atoms with Gasteiger partial charge in [0.1, 0.15) is 0 Å². The molecular formula is C9H17N3O3. The smallest absolute Gasteiger partial charge is 0.318 e. The summed E-state index contributed by atoms with van der Waals surface area (Å²) in [5.74, 6) is -2.13. The van der Waals surface area contributed by atoms with Crippen molar-refractivity contribution in [2.45, 2.75) is 26.8 Å². The molecule has 0 aliphatic carbocycles. The first-order chi connectivity index (χ1) is 6.90. The largest absolute Gasteiger partial charge is 0.346 e. The minimum atomic E-state index is -0.860. The van der Waals surface area contributed by atoms with E-state index in [-0.39, 0.29) is 19.1 Å². The van der Waals surface area contributed by atoms with Gasteiger partial charge in [-0.1, -0.05) is 0 Å². The van der Waals surface area contributed by atoms with Gasteiger partial charge in [0.25, 0.3) is 0 Å². The summed E-state index contributed by atoms with van der Waals surface area (Å²) in [4.78, 5) is 34.6. The molecular weight excluding hydrogens is 198 g/mol. The lowest BCUT2D eigenvalue weighted by Gasteiger charge is -2.18. The monoisotopic (exact) mass is 215 g/mol. The van der Waals surface area contributed by atoms with E-state index in [1.807, 2.05) is 0 Å². The molecule has 0 fully saturated rings. The van der Waals surface area contributed by atoms with Crippen LogP contribution in [0.1, 0.15) is 20.8 Å². The zero-order valence-corrected chi connectivity index (χ0v) is 9.24. The standard InChI is InChI=1S/C9H17N3O3/c1-6(2)11-8(14)9(15)12(5-4-10)7(3)13/h6H,4-5,10H2,1-3H3,(H,11,14). The van der Waals surface area contributed by atoms with E-state index in [0.29, 0.717) is 0 Å². The molecule has 6 nitrogen and oxygen atoms in total. The van der Waals surface area contributed by atoms with Gasteiger partial charge in [-0.25, -0.2) is 0 Å². The molecule has 0 spiro atoms. The van der Waals surface area contributed by atoms with E-state index >= 15 is 0 Å². The van der Waals surface area contributed by atoms with Crippen molar-refractivity contribution < 1.29 is 14.4 Å². The van der Waals surface area contributed by atoms with Crippen molar-refractivity contribution in [3.8, 4) is 0 Å². The van der Waals surface area contributed by atoms with Gasteiger partial charge in [-0.05, 0) is 13.8 Å². The van der Waals surface area contributed by atoms with Gasteiger partial charge in [0.05, 0.1) is 0 Å². The summed E-state index contributed by atoms with van der Waals surface area (Å²) in [6, 6.07) is -0.145. The summed E-state index contributed by atoms with van der Waals surface area (Å²) in [6.07, 6.45) is 0. The molecule has 0 saturated heterocycles. The molecule has 86 valence electrons. The molecule has 6 heteroatoms. The Balaban J connectivity index is 4.49. The van der Waals surface area contributed by atoms with Crippen LogP contribution in [0.15, 0.2) is 0 Å². The maximum atomic E-state index is 11.4. The number of amides is 3. The average molecular weight is 215 g/mol. The predicted octanol–water partition coefficient (Wildman–Crippen LogP) is -1.16. The van der Waals surface area contributed by atoms with Crippen LogP contribution in [0.4, 0.5) is 0 Å². The van der Waals surface area contributed by atoms with Gasteiger partial charge in [-0.3, -0.25) is 19.3 Å². The van der Waals surface area contributed by atoms with E-state index in [4.69, 9.17) is 5.73 Å². The van der Waals surface area contributed by atoms with Crippen LogP contribution in [-0.2, 0) is 14.4 Å². The third-order valence-corrected chi connectivity index (χ3v) is 1.59. The fraction of sp³-hybridized carbons (Fsp3) is 0.667. The van der Waals surface area contributed by atoms with E-state index in [9.17, 15) is 14.4 Å². The van der Waals surface area contributed by atoms with E-state index < -0.39 is 17.7 Å². The molecule has 0 aliphatic heterocycles. The Morgan fingerprint density at radius 3 is 2.20 bits per heavy atom. The second-order valence-corrected chi connectivity index (χ2v) is 3.39. The number of nitrogens with one attached hydrogen (secondary N) is 1. The summed E-state index contributed by atoms with van der Waals surface area (Å²) in [5, 5.41) is 2.41. The van der Waals surface area contributed by atoms with Crippen molar-refractivity contribution in [3.63, 3.8) is 0 Å². The van der Waals surface area contributed by atoms with Crippen molar-refractivity contribution >= 4 is 17.7 Å². The molecule has 0 aromatic carbocycles. The molecule has 0 heterocycles.